The molecule has 2 atom stereocenters. The fourth-order valence-electron chi connectivity index (χ4n) is 5.15. The third-order valence-corrected chi connectivity index (χ3v) is 10.4. The fraction of sp³-hybridized carbons (Fsp3) is 0.444. The zero-order valence-electron chi connectivity index (χ0n) is 21.4. The third kappa shape index (κ3) is 5.72. The maximum Gasteiger partial charge on any atom is 0.422 e. The molecule has 41 heavy (non-hydrogen) atoms. The number of alkyl halides is 3. The number of nitriles is 1. The van der Waals surface area contributed by atoms with Gasteiger partial charge in [0.05, 0.1) is 26.7 Å². The van der Waals surface area contributed by atoms with E-state index in [1.807, 2.05) is 6.07 Å². The van der Waals surface area contributed by atoms with E-state index in [-0.39, 0.29) is 28.6 Å². The summed E-state index contributed by atoms with van der Waals surface area (Å²) in [6.45, 7) is -1.95. The number of hydrogen-bond donors (Lipinski definition) is 1. The lowest BCUT2D eigenvalue weighted by atomic mass is 9.94. The normalized spacial score (nSPS) is 22.5. The summed E-state index contributed by atoms with van der Waals surface area (Å²) >= 11 is 6.16. The first kappa shape index (κ1) is 29.1. The molecule has 0 radical (unpaired) electrons. The molecule has 2 saturated carbocycles. The molecule has 0 bridgehead atoms. The van der Waals surface area contributed by atoms with Crippen LogP contribution in [0.5, 0.6) is 5.75 Å². The predicted molar refractivity (Wildman–Crippen MR) is 137 cm³/mol. The number of hydrogen-bond acceptors (Lipinski definition) is 6. The summed E-state index contributed by atoms with van der Waals surface area (Å²) in [6, 6.07) is 9.26. The Balaban J connectivity index is 1.43. The molecule has 1 heterocycles. The van der Waals surface area contributed by atoms with Gasteiger partial charge in [-0.25, -0.2) is 12.8 Å². The number of rotatable bonds is 8. The Hall–Kier alpha value is -3.37. The van der Waals surface area contributed by atoms with Crippen molar-refractivity contribution in [3.05, 3.63) is 58.9 Å². The number of carbonyl (C=O) groups is 2. The van der Waals surface area contributed by atoms with E-state index in [9.17, 15) is 40.8 Å². The second-order valence-corrected chi connectivity index (χ2v) is 13.2. The summed E-state index contributed by atoms with van der Waals surface area (Å²) < 4.78 is 83.1. The second-order valence-electron chi connectivity index (χ2n) is 10.6. The lowest BCUT2D eigenvalue weighted by molar-refractivity contribution is -0.153. The SMILES string of the molecule is N#CC1(NC(=O)C2CC(S(=O)(=O)c3ccc(OCC(F)(F)F)cc3Cl)CN2C(=O)C2(c3ccc(F)cc3)CC2)CC1. The van der Waals surface area contributed by atoms with E-state index in [4.69, 9.17) is 11.6 Å². The van der Waals surface area contributed by atoms with Crippen molar-refractivity contribution in [2.45, 2.75) is 65.4 Å². The lowest BCUT2D eigenvalue weighted by Gasteiger charge is -2.29. The number of nitrogens with one attached hydrogen (secondary N) is 1. The second kappa shape index (κ2) is 10.2. The molecule has 0 aromatic heterocycles. The topological polar surface area (TPSA) is 117 Å². The van der Waals surface area contributed by atoms with Crippen molar-refractivity contribution in [3.8, 4) is 11.8 Å². The van der Waals surface area contributed by atoms with Crippen LogP contribution in [0.1, 0.15) is 37.7 Å². The van der Waals surface area contributed by atoms with Crippen LogP contribution in [0.4, 0.5) is 17.6 Å². The number of ether oxygens (including phenoxy) is 1. The van der Waals surface area contributed by atoms with Crippen molar-refractivity contribution in [2.75, 3.05) is 13.2 Å². The molecule has 3 fully saturated rings. The minimum absolute atomic E-state index is 0.284. The van der Waals surface area contributed by atoms with Crippen LogP contribution in [0, 0.1) is 17.1 Å². The standard InChI is InChI=1S/C27H24ClF4N3O5S/c28-20-11-18(40-15-27(30,31)32)5-6-22(20)41(38,39)19-12-21(23(36)34-25(14-33)7-8-25)35(13-19)24(37)26(9-10-26)16-1-3-17(29)4-2-16/h1-6,11,19,21H,7-10,12-13,15H2,(H,34,36). The molecule has 1 N–H and O–H groups in total. The highest BCUT2D eigenvalue weighted by molar-refractivity contribution is 7.92. The van der Waals surface area contributed by atoms with Gasteiger partial charge in [0.15, 0.2) is 16.4 Å². The van der Waals surface area contributed by atoms with Crippen LogP contribution >= 0.6 is 11.6 Å². The van der Waals surface area contributed by atoms with Gasteiger partial charge in [-0.1, -0.05) is 23.7 Å². The molecule has 2 aromatic carbocycles. The molecule has 2 unspecified atom stereocenters. The summed E-state index contributed by atoms with van der Waals surface area (Å²) in [6.07, 6.45) is -3.20. The highest BCUT2D eigenvalue weighted by Gasteiger charge is 2.58. The van der Waals surface area contributed by atoms with Crippen LogP contribution in [-0.4, -0.2) is 61.3 Å². The van der Waals surface area contributed by atoms with Gasteiger partial charge in [0.1, 0.15) is 23.1 Å². The minimum Gasteiger partial charge on any atom is -0.484 e. The van der Waals surface area contributed by atoms with Gasteiger partial charge in [-0.3, -0.25) is 9.59 Å². The number of likely N-dealkylation sites (tertiary alicyclic amines) is 1. The maximum absolute atomic E-state index is 13.9. The minimum atomic E-state index is -4.61. The first-order valence-corrected chi connectivity index (χ1v) is 14.7. The highest BCUT2D eigenvalue weighted by Crippen LogP contribution is 2.51. The number of amides is 2. The molecule has 5 rings (SSSR count). The maximum atomic E-state index is 13.9. The molecule has 218 valence electrons. The molecular weight excluding hydrogens is 590 g/mol. The van der Waals surface area contributed by atoms with Crippen molar-refractivity contribution < 1.29 is 40.3 Å². The third-order valence-electron chi connectivity index (χ3n) is 7.76. The largest absolute Gasteiger partial charge is 0.484 e. The van der Waals surface area contributed by atoms with Gasteiger partial charge in [0.25, 0.3) is 0 Å². The van der Waals surface area contributed by atoms with Gasteiger partial charge >= 0.3 is 6.18 Å². The Kier molecular flexibility index (Phi) is 7.22. The Bertz CT molecular complexity index is 1530. The number of halogens is 5. The molecule has 1 aliphatic heterocycles. The van der Waals surface area contributed by atoms with E-state index in [0.29, 0.717) is 31.2 Å². The van der Waals surface area contributed by atoms with Crippen LogP contribution < -0.4 is 10.1 Å². The van der Waals surface area contributed by atoms with E-state index in [1.54, 1.807) is 0 Å². The number of carbonyl (C=O) groups excluding carboxylic acids is 2. The molecule has 0 spiro atoms. The van der Waals surface area contributed by atoms with Crippen molar-refractivity contribution in [3.63, 3.8) is 0 Å². The molecule has 1 saturated heterocycles. The van der Waals surface area contributed by atoms with Crippen LogP contribution in [0.3, 0.4) is 0 Å². The molecule has 2 aromatic rings. The molecule has 2 amide bonds. The zero-order chi connectivity index (χ0) is 29.8. The van der Waals surface area contributed by atoms with E-state index >= 15 is 0 Å². The van der Waals surface area contributed by atoms with E-state index in [2.05, 4.69) is 10.1 Å². The van der Waals surface area contributed by atoms with Crippen molar-refractivity contribution in [1.82, 2.24) is 10.2 Å². The van der Waals surface area contributed by atoms with Gasteiger partial charge in [0, 0.05) is 12.6 Å². The number of benzene rings is 2. The van der Waals surface area contributed by atoms with Gasteiger partial charge in [-0.05, 0) is 61.9 Å². The first-order chi connectivity index (χ1) is 19.2. The summed E-state index contributed by atoms with van der Waals surface area (Å²) in [5.41, 5.74) is -1.55. The fourth-order valence-corrected chi connectivity index (χ4v) is 7.38. The molecule has 8 nitrogen and oxygen atoms in total. The van der Waals surface area contributed by atoms with Crippen LogP contribution in [0.2, 0.25) is 5.02 Å². The summed E-state index contributed by atoms with van der Waals surface area (Å²) in [5.74, 6) is -1.91. The van der Waals surface area contributed by atoms with Gasteiger partial charge < -0.3 is 15.0 Å². The Labute approximate surface area is 238 Å². The molecule has 14 heteroatoms. The number of sulfone groups is 1. The summed E-state index contributed by atoms with van der Waals surface area (Å²) in [7, 11) is -4.29. The van der Waals surface area contributed by atoms with E-state index in [0.717, 1.165) is 18.2 Å². The zero-order valence-corrected chi connectivity index (χ0v) is 23.0. The van der Waals surface area contributed by atoms with Crippen molar-refractivity contribution in [1.29, 1.82) is 5.26 Å². The molecule has 2 aliphatic carbocycles. The molecular formula is C27H24ClF4N3O5S. The van der Waals surface area contributed by atoms with Crippen molar-refractivity contribution in [2.24, 2.45) is 0 Å². The first-order valence-electron chi connectivity index (χ1n) is 12.7. The highest BCUT2D eigenvalue weighted by atomic mass is 35.5. The molecule has 3 aliphatic rings. The number of nitrogens with zero attached hydrogens (tertiary/aromatic N) is 2. The Morgan fingerprint density at radius 3 is 2.32 bits per heavy atom. The predicted octanol–water partition coefficient (Wildman–Crippen LogP) is 4.07. The van der Waals surface area contributed by atoms with Crippen LogP contribution in [0.25, 0.3) is 0 Å². The quantitative estimate of drug-likeness (QED) is 0.449. The van der Waals surface area contributed by atoms with Crippen LogP contribution in [0.15, 0.2) is 47.4 Å². The summed E-state index contributed by atoms with van der Waals surface area (Å²) in [5, 5.41) is 10.4. The summed E-state index contributed by atoms with van der Waals surface area (Å²) in [4.78, 5) is 28.1. The van der Waals surface area contributed by atoms with Gasteiger partial charge in [-0.2, -0.15) is 18.4 Å². The Morgan fingerprint density at radius 2 is 1.78 bits per heavy atom. The smallest absolute Gasteiger partial charge is 0.422 e. The average molecular weight is 614 g/mol. The monoisotopic (exact) mass is 613 g/mol. The Morgan fingerprint density at radius 1 is 1.12 bits per heavy atom. The average Bonchev–Trinajstić information content (AvgIpc) is 3.83. The van der Waals surface area contributed by atoms with Gasteiger partial charge in [-0.15, -0.1) is 0 Å². The lowest BCUT2D eigenvalue weighted by Crippen LogP contribution is -2.51. The van der Waals surface area contributed by atoms with Crippen molar-refractivity contribution >= 4 is 33.3 Å². The van der Waals surface area contributed by atoms with E-state index < -0.39 is 62.5 Å². The van der Waals surface area contributed by atoms with E-state index in [1.165, 1.54) is 29.2 Å². The van der Waals surface area contributed by atoms with Gasteiger partial charge in [0.2, 0.25) is 11.8 Å². The van der Waals surface area contributed by atoms with Crippen LogP contribution in [-0.2, 0) is 24.8 Å².